The minimum absolute atomic E-state index is 0.157. The van der Waals surface area contributed by atoms with Crippen LogP contribution in [0.15, 0.2) is 27.6 Å². The van der Waals surface area contributed by atoms with Crippen LogP contribution >= 0.6 is 15.9 Å². The van der Waals surface area contributed by atoms with E-state index < -0.39 is 15.6 Å². The molecule has 1 heterocycles. The van der Waals surface area contributed by atoms with Crippen LogP contribution in [0.25, 0.3) is 0 Å². The van der Waals surface area contributed by atoms with Crippen LogP contribution in [-0.4, -0.2) is 36.5 Å². The third-order valence-electron chi connectivity index (χ3n) is 3.41. The zero-order valence-corrected chi connectivity index (χ0v) is 13.5. The fraction of sp³-hybridized carbons (Fsp3) is 0.538. The summed E-state index contributed by atoms with van der Waals surface area (Å²) < 4.78 is 27.3. The van der Waals surface area contributed by atoms with E-state index in [0.717, 1.165) is 10.0 Å². The van der Waals surface area contributed by atoms with Crippen molar-refractivity contribution in [2.24, 2.45) is 0 Å². The Morgan fingerprint density at radius 2 is 2.11 bits per heavy atom. The zero-order valence-electron chi connectivity index (χ0n) is 11.1. The first kappa shape index (κ1) is 15.0. The lowest BCUT2D eigenvalue weighted by molar-refractivity contribution is 0.00940. The second-order valence-electron chi connectivity index (χ2n) is 5.35. The number of hydrogen-bond acceptors (Lipinski definition) is 3. The molecule has 0 saturated carbocycles. The van der Waals surface area contributed by atoms with Crippen molar-refractivity contribution in [3.05, 3.63) is 28.2 Å². The average Bonchev–Trinajstić information content (AvgIpc) is 2.31. The van der Waals surface area contributed by atoms with Gasteiger partial charge >= 0.3 is 0 Å². The number of nitrogens with zero attached hydrogens (tertiary/aromatic N) is 1. The van der Waals surface area contributed by atoms with Crippen molar-refractivity contribution in [2.75, 3.05) is 13.1 Å². The van der Waals surface area contributed by atoms with Gasteiger partial charge in [-0.1, -0.05) is 15.9 Å². The van der Waals surface area contributed by atoms with E-state index in [0.29, 0.717) is 19.4 Å². The van der Waals surface area contributed by atoms with Gasteiger partial charge in [-0.25, -0.2) is 8.42 Å². The fourth-order valence-corrected chi connectivity index (χ4v) is 4.23. The molecule has 2 rings (SSSR count). The molecule has 1 aliphatic rings. The summed E-state index contributed by atoms with van der Waals surface area (Å²) in [4.78, 5) is 0.283. The molecule has 0 aromatic heterocycles. The van der Waals surface area contributed by atoms with Gasteiger partial charge in [0, 0.05) is 17.6 Å². The standard InChI is InChI=1S/C13H18BrNO3S/c1-10-8-11(4-5-12(10)14)19(17,18)15-7-3-6-13(2,16)9-15/h4-5,8,16H,3,6-7,9H2,1-2H3. The highest BCUT2D eigenvalue weighted by atomic mass is 79.9. The molecule has 6 heteroatoms. The number of aryl methyl sites for hydroxylation is 1. The Morgan fingerprint density at radius 3 is 2.68 bits per heavy atom. The zero-order chi connectivity index (χ0) is 14.3. The van der Waals surface area contributed by atoms with Crippen LogP contribution in [0.2, 0.25) is 0 Å². The maximum atomic E-state index is 12.5. The lowest BCUT2D eigenvalue weighted by Crippen LogP contribution is -2.48. The molecule has 1 unspecified atom stereocenters. The molecule has 106 valence electrons. The molecular formula is C13H18BrNO3S. The molecule has 1 aliphatic heterocycles. The molecule has 0 aliphatic carbocycles. The maximum Gasteiger partial charge on any atom is 0.243 e. The Labute approximate surface area is 122 Å². The average molecular weight is 348 g/mol. The summed E-state index contributed by atoms with van der Waals surface area (Å²) in [6, 6.07) is 4.99. The number of β-amino-alcohol motifs (C(OH)–C–C–N with tert-alkyl or cyclic N) is 1. The van der Waals surface area contributed by atoms with Gasteiger partial charge in [-0.2, -0.15) is 4.31 Å². The van der Waals surface area contributed by atoms with E-state index in [9.17, 15) is 13.5 Å². The minimum atomic E-state index is -3.52. The van der Waals surface area contributed by atoms with Crippen LogP contribution in [0.3, 0.4) is 0 Å². The number of piperidine rings is 1. The molecular weight excluding hydrogens is 330 g/mol. The lowest BCUT2D eigenvalue weighted by atomic mass is 9.97. The van der Waals surface area contributed by atoms with Crippen molar-refractivity contribution in [2.45, 2.75) is 37.2 Å². The first-order valence-electron chi connectivity index (χ1n) is 6.21. The molecule has 0 radical (unpaired) electrons. The molecule has 0 bridgehead atoms. The maximum absolute atomic E-state index is 12.5. The number of hydrogen-bond donors (Lipinski definition) is 1. The van der Waals surface area contributed by atoms with Crippen LogP contribution in [-0.2, 0) is 10.0 Å². The molecule has 0 amide bonds. The van der Waals surface area contributed by atoms with E-state index in [4.69, 9.17) is 0 Å². The Hall–Kier alpha value is -0.430. The van der Waals surface area contributed by atoms with Gasteiger partial charge in [0.25, 0.3) is 0 Å². The summed E-state index contributed by atoms with van der Waals surface area (Å²) in [6.07, 6.45) is 1.32. The van der Waals surface area contributed by atoms with Crippen LogP contribution in [0.4, 0.5) is 0 Å². The summed E-state index contributed by atoms with van der Waals surface area (Å²) in [7, 11) is -3.52. The molecule has 19 heavy (non-hydrogen) atoms. The van der Waals surface area contributed by atoms with Gasteiger partial charge in [0.15, 0.2) is 0 Å². The fourth-order valence-electron chi connectivity index (χ4n) is 2.31. The molecule has 4 nitrogen and oxygen atoms in total. The Morgan fingerprint density at radius 1 is 1.42 bits per heavy atom. The summed E-state index contributed by atoms with van der Waals surface area (Å²) in [5.74, 6) is 0. The van der Waals surface area contributed by atoms with Gasteiger partial charge < -0.3 is 5.11 Å². The van der Waals surface area contributed by atoms with Gasteiger partial charge in [0.1, 0.15) is 0 Å². The molecule has 1 saturated heterocycles. The third-order valence-corrected chi connectivity index (χ3v) is 6.14. The number of aliphatic hydroxyl groups is 1. The molecule has 1 atom stereocenters. The van der Waals surface area contributed by atoms with Crippen molar-refractivity contribution in [1.29, 1.82) is 0 Å². The quantitative estimate of drug-likeness (QED) is 0.892. The third kappa shape index (κ3) is 3.18. The van der Waals surface area contributed by atoms with E-state index in [1.807, 2.05) is 6.92 Å². The van der Waals surface area contributed by atoms with E-state index in [1.165, 1.54) is 4.31 Å². The predicted molar refractivity (Wildman–Crippen MR) is 77.5 cm³/mol. The number of sulfonamides is 1. The topological polar surface area (TPSA) is 57.6 Å². The van der Waals surface area contributed by atoms with Gasteiger partial charge in [-0.3, -0.25) is 0 Å². The molecule has 1 N–H and O–H groups in total. The predicted octanol–water partition coefficient (Wildman–Crippen LogP) is 2.29. The number of halogens is 1. The largest absolute Gasteiger partial charge is 0.389 e. The lowest BCUT2D eigenvalue weighted by Gasteiger charge is -2.36. The van der Waals surface area contributed by atoms with Crippen molar-refractivity contribution in [3.8, 4) is 0 Å². The van der Waals surface area contributed by atoms with Crippen LogP contribution in [0.1, 0.15) is 25.3 Å². The second kappa shape index (κ2) is 5.16. The summed E-state index contributed by atoms with van der Waals surface area (Å²) in [5.41, 5.74) is -0.0553. The first-order valence-corrected chi connectivity index (χ1v) is 8.44. The highest BCUT2D eigenvalue weighted by Crippen LogP contribution is 2.27. The Bertz CT molecular complexity index is 584. The molecule has 1 aromatic carbocycles. The van der Waals surface area contributed by atoms with E-state index >= 15 is 0 Å². The van der Waals surface area contributed by atoms with Gasteiger partial charge in [0.05, 0.1) is 10.5 Å². The number of benzene rings is 1. The smallest absolute Gasteiger partial charge is 0.243 e. The molecule has 1 fully saturated rings. The monoisotopic (exact) mass is 347 g/mol. The molecule has 0 spiro atoms. The Kier molecular flexibility index (Phi) is 4.07. The van der Waals surface area contributed by atoms with E-state index in [-0.39, 0.29) is 11.4 Å². The second-order valence-corrected chi connectivity index (χ2v) is 8.14. The number of rotatable bonds is 2. The van der Waals surface area contributed by atoms with Gasteiger partial charge in [-0.05, 0) is 50.5 Å². The molecule has 1 aromatic rings. The van der Waals surface area contributed by atoms with Crippen LogP contribution < -0.4 is 0 Å². The van der Waals surface area contributed by atoms with Crippen molar-refractivity contribution < 1.29 is 13.5 Å². The summed E-state index contributed by atoms with van der Waals surface area (Å²) in [5, 5.41) is 10.0. The Balaban J connectivity index is 2.34. The first-order chi connectivity index (χ1) is 8.72. The van der Waals surface area contributed by atoms with Gasteiger partial charge in [0.2, 0.25) is 10.0 Å². The van der Waals surface area contributed by atoms with Crippen molar-refractivity contribution in [3.63, 3.8) is 0 Å². The van der Waals surface area contributed by atoms with E-state index in [1.54, 1.807) is 25.1 Å². The van der Waals surface area contributed by atoms with E-state index in [2.05, 4.69) is 15.9 Å². The SMILES string of the molecule is Cc1cc(S(=O)(=O)N2CCCC(C)(O)C2)ccc1Br. The summed E-state index contributed by atoms with van der Waals surface area (Å²) in [6.45, 7) is 4.16. The van der Waals surface area contributed by atoms with Gasteiger partial charge in [-0.15, -0.1) is 0 Å². The summed E-state index contributed by atoms with van der Waals surface area (Å²) >= 11 is 3.36. The highest BCUT2D eigenvalue weighted by molar-refractivity contribution is 9.10. The minimum Gasteiger partial charge on any atom is -0.389 e. The van der Waals surface area contributed by atoms with Crippen molar-refractivity contribution in [1.82, 2.24) is 4.31 Å². The van der Waals surface area contributed by atoms with Crippen LogP contribution in [0, 0.1) is 6.92 Å². The van der Waals surface area contributed by atoms with Crippen LogP contribution in [0.5, 0.6) is 0 Å². The highest BCUT2D eigenvalue weighted by Gasteiger charge is 2.35. The van der Waals surface area contributed by atoms with Crippen molar-refractivity contribution >= 4 is 26.0 Å². The normalized spacial score (nSPS) is 25.5.